The topological polar surface area (TPSA) is 59.6 Å². The molecule has 5 nitrogen and oxygen atoms in total. The highest BCUT2D eigenvalue weighted by atomic mass is 79.9. The standard InChI is InChI=1S/C17H19BrN2O3/c1-12-10-13(6-7-16(12)18)20-17(21)19-8-9-23-15-5-3-4-14(11-15)22-2/h3-7,10-11H,8-9H2,1-2H3,(H2,19,20,21). The summed E-state index contributed by atoms with van der Waals surface area (Å²) in [5.74, 6) is 1.44. The van der Waals surface area contributed by atoms with Crippen LogP contribution in [0.15, 0.2) is 46.9 Å². The van der Waals surface area contributed by atoms with Gasteiger partial charge in [0.15, 0.2) is 0 Å². The Morgan fingerprint density at radius 2 is 1.96 bits per heavy atom. The number of halogens is 1. The molecule has 23 heavy (non-hydrogen) atoms. The minimum atomic E-state index is -0.263. The zero-order chi connectivity index (χ0) is 16.7. The monoisotopic (exact) mass is 378 g/mol. The summed E-state index contributed by atoms with van der Waals surface area (Å²) in [6.45, 7) is 2.74. The average molecular weight is 379 g/mol. The summed E-state index contributed by atoms with van der Waals surface area (Å²) in [7, 11) is 1.61. The Morgan fingerprint density at radius 3 is 2.70 bits per heavy atom. The fraction of sp³-hybridized carbons (Fsp3) is 0.235. The van der Waals surface area contributed by atoms with Gasteiger partial charge < -0.3 is 20.1 Å². The highest BCUT2D eigenvalue weighted by molar-refractivity contribution is 9.10. The molecule has 0 atom stereocenters. The molecule has 0 bridgehead atoms. The van der Waals surface area contributed by atoms with Gasteiger partial charge in [-0.1, -0.05) is 22.0 Å². The minimum absolute atomic E-state index is 0.263. The van der Waals surface area contributed by atoms with E-state index in [1.165, 1.54) is 0 Å². The van der Waals surface area contributed by atoms with Crippen molar-refractivity contribution in [1.82, 2.24) is 5.32 Å². The van der Waals surface area contributed by atoms with Crippen LogP contribution >= 0.6 is 15.9 Å². The highest BCUT2D eigenvalue weighted by Gasteiger charge is 2.03. The van der Waals surface area contributed by atoms with Gasteiger partial charge in [-0.05, 0) is 42.8 Å². The first-order chi connectivity index (χ1) is 11.1. The van der Waals surface area contributed by atoms with Crippen LogP contribution in [0.2, 0.25) is 0 Å². The van der Waals surface area contributed by atoms with E-state index < -0.39 is 0 Å². The molecular formula is C17H19BrN2O3. The number of carbonyl (C=O) groups is 1. The number of rotatable bonds is 6. The van der Waals surface area contributed by atoms with Crippen molar-refractivity contribution in [2.45, 2.75) is 6.92 Å². The van der Waals surface area contributed by atoms with Crippen LogP contribution in [0.4, 0.5) is 10.5 Å². The molecule has 0 aliphatic carbocycles. The minimum Gasteiger partial charge on any atom is -0.497 e. The van der Waals surface area contributed by atoms with E-state index in [0.717, 1.165) is 21.5 Å². The van der Waals surface area contributed by atoms with Crippen LogP contribution < -0.4 is 20.1 Å². The Bertz CT molecular complexity index is 677. The second kappa shape index (κ2) is 8.43. The first-order valence-corrected chi connectivity index (χ1v) is 7.95. The van der Waals surface area contributed by atoms with E-state index in [1.807, 2.05) is 43.3 Å². The normalized spacial score (nSPS) is 10.0. The number of urea groups is 1. The predicted molar refractivity (Wildman–Crippen MR) is 94.4 cm³/mol. The summed E-state index contributed by atoms with van der Waals surface area (Å²) in [5, 5.41) is 5.53. The van der Waals surface area contributed by atoms with Crippen LogP contribution in [0.1, 0.15) is 5.56 Å². The second-order valence-corrected chi connectivity index (χ2v) is 5.73. The number of anilines is 1. The Labute approximate surface area is 144 Å². The van der Waals surface area contributed by atoms with Gasteiger partial charge in [0.1, 0.15) is 18.1 Å². The van der Waals surface area contributed by atoms with Gasteiger partial charge in [-0.25, -0.2) is 4.79 Å². The van der Waals surface area contributed by atoms with Gasteiger partial charge in [0.05, 0.1) is 13.7 Å². The van der Waals surface area contributed by atoms with E-state index in [1.54, 1.807) is 13.2 Å². The molecule has 2 aromatic carbocycles. The van der Waals surface area contributed by atoms with Crippen molar-refractivity contribution in [1.29, 1.82) is 0 Å². The maximum absolute atomic E-state index is 11.8. The third-order valence-corrected chi connectivity index (χ3v) is 4.00. The Hall–Kier alpha value is -2.21. The van der Waals surface area contributed by atoms with E-state index >= 15 is 0 Å². The zero-order valence-electron chi connectivity index (χ0n) is 13.1. The summed E-state index contributed by atoms with van der Waals surface area (Å²) in [6.07, 6.45) is 0. The van der Waals surface area contributed by atoms with E-state index in [4.69, 9.17) is 9.47 Å². The van der Waals surface area contributed by atoms with Gasteiger partial charge in [-0.15, -0.1) is 0 Å². The van der Waals surface area contributed by atoms with Crippen molar-refractivity contribution in [3.63, 3.8) is 0 Å². The van der Waals surface area contributed by atoms with Crippen LogP contribution in [-0.2, 0) is 0 Å². The smallest absolute Gasteiger partial charge is 0.319 e. The van der Waals surface area contributed by atoms with Gasteiger partial charge in [0.25, 0.3) is 0 Å². The lowest BCUT2D eigenvalue weighted by Crippen LogP contribution is -2.32. The third kappa shape index (κ3) is 5.49. The fourth-order valence-corrected chi connectivity index (χ4v) is 2.17. The lowest BCUT2D eigenvalue weighted by atomic mass is 10.2. The molecule has 6 heteroatoms. The number of carbonyl (C=O) groups excluding carboxylic acids is 1. The Balaban J connectivity index is 1.73. The molecule has 0 heterocycles. The number of hydrogen-bond donors (Lipinski definition) is 2. The number of benzene rings is 2. The molecule has 0 unspecified atom stereocenters. The van der Waals surface area contributed by atoms with Crippen LogP contribution in [-0.4, -0.2) is 26.3 Å². The summed E-state index contributed by atoms with van der Waals surface area (Å²) in [5.41, 5.74) is 1.81. The largest absolute Gasteiger partial charge is 0.497 e. The van der Waals surface area contributed by atoms with Crippen molar-refractivity contribution < 1.29 is 14.3 Å². The van der Waals surface area contributed by atoms with E-state index in [2.05, 4.69) is 26.6 Å². The number of aryl methyl sites for hydroxylation is 1. The van der Waals surface area contributed by atoms with Gasteiger partial charge in [0, 0.05) is 16.2 Å². The molecule has 2 rings (SSSR count). The Kier molecular flexibility index (Phi) is 6.29. The molecule has 0 fully saturated rings. The third-order valence-electron chi connectivity index (χ3n) is 3.11. The first-order valence-electron chi connectivity index (χ1n) is 7.16. The van der Waals surface area contributed by atoms with Gasteiger partial charge in [-0.2, -0.15) is 0 Å². The SMILES string of the molecule is COc1cccc(OCCNC(=O)Nc2ccc(Br)c(C)c2)c1. The molecule has 0 aromatic heterocycles. The quantitative estimate of drug-likeness (QED) is 0.747. The second-order valence-electron chi connectivity index (χ2n) is 4.87. The van der Waals surface area contributed by atoms with E-state index in [0.29, 0.717) is 18.9 Å². The van der Waals surface area contributed by atoms with Crippen molar-refractivity contribution in [2.75, 3.05) is 25.6 Å². The van der Waals surface area contributed by atoms with E-state index in [-0.39, 0.29) is 6.03 Å². The number of amides is 2. The molecule has 0 aliphatic rings. The Morgan fingerprint density at radius 1 is 1.17 bits per heavy atom. The fourth-order valence-electron chi connectivity index (χ4n) is 1.92. The van der Waals surface area contributed by atoms with Gasteiger partial charge in [0.2, 0.25) is 0 Å². The molecule has 2 aromatic rings. The molecule has 0 spiro atoms. The number of ether oxygens (including phenoxy) is 2. The maximum Gasteiger partial charge on any atom is 0.319 e. The first kappa shape index (κ1) is 17.1. The molecule has 122 valence electrons. The number of nitrogens with one attached hydrogen (secondary N) is 2. The predicted octanol–water partition coefficient (Wildman–Crippen LogP) is 3.97. The molecule has 0 radical (unpaired) electrons. The zero-order valence-corrected chi connectivity index (χ0v) is 14.6. The van der Waals surface area contributed by atoms with Crippen LogP contribution in [0.25, 0.3) is 0 Å². The number of hydrogen-bond acceptors (Lipinski definition) is 3. The molecule has 2 N–H and O–H groups in total. The molecule has 0 saturated carbocycles. The average Bonchev–Trinajstić information content (AvgIpc) is 2.55. The van der Waals surface area contributed by atoms with Gasteiger partial charge in [-0.3, -0.25) is 0 Å². The molecular weight excluding hydrogens is 360 g/mol. The van der Waals surface area contributed by atoms with Crippen molar-refractivity contribution in [3.8, 4) is 11.5 Å². The maximum atomic E-state index is 11.8. The summed E-state index contributed by atoms with van der Waals surface area (Å²) < 4.78 is 11.7. The molecule has 2 amide bonds. The lowest BCUT2D eigenvalue weighted by molar-refractivity contribution is 0.247. The van der Waals surface area contributed by atoms with Crippen molar-refractivity contribution >= 4 is 27.6 Å². The lowest BCUT2D eigenvalue weighted by Gasteiger charge is -2.10. The van der Waals surface area contributed by atoms with Crippen LogP contribution in [0, 0.1) is 6.92 Å². The van der Waals surface area contributed by atoms with Crippen LogP contribution in [0.3, 0.4) is 0 Å². The molecule has 0 saturated heterocycles. The molecule has 0 aliphatic heterocycles. The van der Waals surface area contributed by atoms with E-state index in [9.17, 15) is 4.79 Å². The van der Waals surface area contributed by atoms with Crippen LogP contribution in [0.5, 0.6) is 11.5 Å². The number of methoxy groups -OCH3 is 1. The van der Waals surface area contributed by atoms with Crippen molar-refractivity contribution in [2.24, 2.45) is 0 Å². The highest BCUT2D eigenvalue weighted by Crippen LogP contribution is 2.20. The summed E-state index contributed by atoms with van der Waals surface area (Å²) in [6, 6.07) is 12.7. The van der Waals surface area contributed by atoms with Gasteiger partial charge >= 0.3 is 6.03 Å². The summed E-state index contributed by atoms with van der Waals surface area (Å²) >= 11 is 3.43. The van der Waals surface area contributed by atoms with Crippen molar-refractivity contribution in [3.05, 3.63) is 52.5 Å². The summed E-state index contributed by atoms with van der Waals surface area (Å²) in [4.78, 5) is 11.8.